The van der Waals surface area contributed by atoms with Crippen LogP contribution >= 0.6 is 0 Å². The Balaban J connectivity index is 1.90. The Labute approximate surface area is 134 Å². The van der Waals surface area contributed by atoms with E-state index in [0.717, 1.165) is 5.56 Å². The second-order valence-corrected chi connectivity index (χ2v) is 5.02. The van der Waals surface area contributed by atoms with Crippen LogP contribution in [0.15, 0.2) is 36.5 Å². The van der Waals surface area contributed by atoms with E-state index in [0.29, 0.717) is 36.1 Å². The van der Waals surface area contributed by atoms with Crippen LogP contribution in [-0.4, -0.2) is 24.1 Å². The Morgan fingerprint density at radius 2 is 1.87 bits per heavy atom. The molecule has 0 radical (unpaired) electrons. The zero-order valence-corrected chi connectivity index (χ0v) is 13.1. The van der Waals surface area contributed by atoms with Crippen LogP contribution in [0.2, 0.25) is 0 Å². The second-order valence-electron chi connectivity index (χ2n) is 5.02. The molecule has 2 aromatic rings. The standard InChI is InChI=1S/C17H19N3O3/c1-3-22-13-8-7-11(10-14(13)23-4-2)15-19-16-12(17(21)20-15)6-5-9-18-16/h5-10,15H,3-4H2,1-2H3,(H,18,19)(H,20,21)/t15-/m0/s1. The molecular formula is C17H19N3O3. The lowest BCUT2D eigenvalue weighted by Gasteiger charge is -2.27. The molecular weight excluding hydrogens is 294 g/mol. The summed E-state index contributed by atoms with van der Waals surface area (Å²) in [4.78, 5) is 16.4. The summed E-state index contributed by atoms with van der Waals surface area (Å²) in [6, 6.07) is 9.11. The zero-order chi connectivity index (χ0) is 16.2. The molecule has 0 bridgehead atoms. The molecule has 0 spiro atoms. The van der Waals surface area contributed by atoms with Gasteiger partial charge in [0.15, 0.2) is 11.5 Å². The molecule has 1 aromatic heterocycles. The van der Waals surface area contributed by atoms with E-state index in [1.807, 2.05) is 32.0 Å². The number of amides is 1. The quantitative estimate of drug-likeness (QED) is 0.888. The lowest BCUT2D eigenvalue weighted by molar-refractivity contribution is 0.0935. The molecule has 6 nitrogen and oxygen atoms in total. The van der Waals surface area contributed by atoms with Gasteiger partial charge in [0.05, 0.1) is 18.8 Å². The number of hydrogen-bond donors (Lipinski definition) is 2. The van der Waals surface area contributed by atoms with Crippen molar-refractivity contribution >= 4 is 11.7 Å². The molecule has 0 unspecified atom stereocenters. The van der Waals surface area contributed by atoms with Crippen molar-refractivity contribution in [1.29, 1.82) is 0 Å². The summed E-state index contributed by atoms with van der Waals surface area (Å²) < 4.78 is 11.2. The van der Waals surface area contributed by atoms with Crippen molar-refractivity contribution in [3.63, 3.8) is 0 Å². The zero-order valence-electron chi connectivity index (χ0n) is 13.1. The second kappa shape index (κ2) is 6.56. The number of nitrogens with zero attached hydrogens (tertiary/aromatic N) is 1. The summed E-state index contributed by atoms with van der Waals surface area (Å²) in [5, 5.41) is 6.15. The van der Waals surface area contributed by atoms with Crippen LogP contribution in [-0.2, 0) is 0 Å². The van der Waals surface area contributed by atoms with E-state index in [9.17, 15) is 4.79 Å². The molecule has 0 fully saturated rings. The average molecular weight is 313 g/mol. The molecule has 0 saturated carbocycles. The predicted molar refractivity (Wildman–Crippen MR) is 86.8 cm³/mol. The topological polar surface area (TPSA) is 72.5 Å². The largest absolute Gasteiger partial charge is 0.490 e. The number of hydrogen-bond acceptors (Lipinski definition) is 5. The molecule has 120 valence electrons. The highest BCUT2D eigenvalue weighted by Gasteiger charge is 2.25. The number of pyridine rings is 1. The molecule has 2 N–H and O–H groups in total. The van der Waals surface area contributed by atoms with E-state index in [4.69, 9.17) is 9.47 Å². The first-order valence-corrected chi connectivity index (χ1v) is 7.65. The third-order valence-electron chi connectivity index (χ3n) is 3.51. The Hall–Kier alpha value is -2.76. The van der Waals surface area contributed by atoms with Gasteiger partial charge in [-0.1, -0.05) is 6.07 Å². The fourth-order valence-corrected chi connectivity index (χ4v) is 2.50. The molecule has 6 heteroatoms. The monoisotopic (exact) mass is 313 g/mol. The molecule has 23 heavy (non-hydrogen) atoms. The average Bonchev–Trinajstić information content (AvgIpc) is 2.57. The summed E-state index contributed by atoms with van der Waals surface area (Å²) in [5.74, 6) is 1.78. The maximum absolute atomic E-state index is 12.2. The van der Waals surface area contributed by atoms with Crippen LogP contribution in [0.1, 0.15) is 35.9 Å². The van der Waals surface area contributed by atoms with Crippen molar-refractivity contribution in [1.82, 2.24) is 10.3 Å². The number of benzene rings is 1. The molecule has 0 aliphatic carbocycles. The predicted octanol–water partition coefficient (Wildman–Crippen LogP) is 2.73. The minimum Gasteiger partial charge on any atom is -0.490 e. The highest BCUT2D eigenvalue weighted by atomic mass is 16.5. The van der Waals surface area contributed by atoms with E-state index < -0.39 is 0 Å². The van der Waals surface area contributed by atoms with E-state index in [-0.39, 0.29) is 12.1 Å². The molecule has 3 rings (SSSR count). The van der Waals surface area contributed by atoms with Gasteiger partial charge >= 0.3 is 0 Å². The minimum atomic E-state index is -0.361. The maximum Gasteiger partial charge on any atom is 0.256 e. The first kappa shape index (κ1) is 15.1. The molecule has 1 atom stereocenters. The third-order valence-corrected chi connectivity index (χ3v) is 3.51. The Morgan fingerprint density at radius 1 is 1.09 bits per heavy atom. The van der Waals surface area contributed by atoms with Crippen molar-refractivity contribution in [2.75, 3.05) is 18.5 Å². The van der Waals surface area contributed by atoms with Crippen molar-refractivity contribution in [3.05, 3.63) is 47.7 Å². The van der Waals surface area contributed by atoms with Gasteiger partial charge in [0.2, 0.25) is 0 Å². The molecule has 1 amide bonds. The lowest BCUT2D eigenvalue weighted by Crippen LogP contribution is -2.38. The number of carbonyl (C=O) groups is 1. The van der Waals surface area contributed by atoms with Crippen LogP contribution in [0.5, 0.6) is 11.5 Å². The maximum atomic E-state index is 12.2. The summed E-state index contributed by atoms with van der Waals surface area (Å²) in [7, 11) is 0. The molecule has 1 aromatic carbocycles. The fraction of sp³-hybridized carbons (Fsp3) is 0.294. The molecule has 1 aliphatic rings. The Kier molecular flexibility index (Phi) is 4.32. The summed E-state index contributed by atoms with van der Waals surface area (Å²) >= 11 is 0. The number of nitrogens with one attached hydrogen (secondary N) is 2. The SMILES string of the molecule is CCOc1ccc([C@@H]2NC(=O)c3cccnc3N2)cc1OCC. The number of rotatable bonds is 5. The number of ether oxygens (including phenoxy) is 2. The van der Waals surface area contributed by atoms with Gasteiger partial charge in [-0.3, -0.25) is 4.79 Å². The van der Waals surface area contributed by atoms with Crippen LogP contribution in [0.4, 0.5) is 5.82 Å². The van der Waals surface area contributed by atoms with Gasteiger partial charge in [-0.2, -0.15) is 0 Å². The van der Waals surface area contributed by atoms with Gasteiger partial charge in [-0.05, 0) is 43.7 Å². The van der Waals surface area contributed by atoms with Crippen LogP contribution in [0.3, 0.4) is 0 Å². The van der Waals surface area contributed by atoms with Crippen molar-refractivity contribution in [2.24, 2.45) is 0 Å². The Morgan fingerprint density at radius 3 is 2.65 bits per heavy atom. The van der Waals surface area contributed by atoms with Crippen molar-refractivity contribution in [2.45, 2.75) is 20.0 Å². The van der Waals surface area contributed by atoms with Gasteiger partial charge in [0.1, 0.15) is 12.0 Å². The highest BCUT2D eigenvalue weighted by Crippen LogP contribution is 2.32. The fourth-order valence-electron chi connectivity index (χ4n) is 2.50. The highest BCUT2D eigenvalue weighted by molar-refractivity contribution is 6.00. The smallest absolute Gasteiger partial charge is 0.256 e. The van der Waals surface area contributed by atoms with Gasteiger partial charge in [-0.25, -0.2) is 4.98 Å². The summed E-state index contributed by atoms with van der Waals surface area (Å²) in [5.41, 5.74) is 1.42. The van der Waals surface area contributed by atoms with Crippen LogP contribution < -0.4 is 20.1 Å². The van der Waals surface area contributed by atoms with Gasteiger partial charge in [0, 0.05) is 6.20 Å². The Bertz CT molecular complexity index is 718. The van der Waals surface area contributed by atoms with Crippen LogP contribution in [0.25, 0.3) is 0 Å². The van der Waals surface area contributed by atoms with Crippen LogP contribution in [0, 0.1) is 0 Å². The number of aromatic nitrogens is 1. The number of carbonyl (C=O) groups excluding carboxylic acids is 1. The van der Waals surface area contributed by atoms with Gasteiger partial charge in [0.25, 0.3) is 5.91 Å². The van der Waals surface area contributed by atoms with Gasteiger partial charge in [-0.15, -0.1) is 0 Å². The third kappa shape index (κ3) is 3.06. The molecule has 0 saturated heterocycles. The van der Waals surface area contributed by atoms with E-state index in [1.54, 1.807) is 18.3 Å². The summed E-state index contributed by atoms with van der Waals surface area (Å²) in [6.45, 7) is 4.95. The van der Waals surface area contributed by atoms with Crippen molar-refractivity contribution < 1.29 is 14.3 Å². The van der Waals surface area contributed by atoms with Gasteiger partial charge < -0.3 is 20.1 Å². The number of fused-ring (bicyclic) bond motifs is 1. The minimum absolute atomic E-state index is 0.149. The molecule has 2 heterocycles. The van der Waals surface area contributed by atoms with Crippen molar-refractivity contribution in [3.8, 4) is 11.5 Å². The van der Waals surface area contributed by atoms with E-state index in [1.165, 1.54) is 0 Å². The number of anilines is 1. The van der Waals surface area contributed by atoms with E-state index in [2.05, 4.69) is 15.6 Å². The van der Waals surface area contributed by atoms with E-state index >= 15 is 0 Å². The first-order chi connectivity index (χ1) is 11.2. The lowest BCUT2D eigenvalue weighted by atomic mass is 10.1. The first-order valence-electron chi connectivity index (χ1n) is 7.65. The summed E-state index contributed by atoms with van der Waals surface area (Å²) in [6.07, 6.45) is 1.30. The molecule has 1 aliphatic heterocycles. The normalized spacial score (nSPS) is 16.1.